The van der Waals surface area contributed by atoms with Crippen molar-refractivity contribution in [3.05, 3.63) is 0 Å². The zero-order chi connectivity index (χ0) is 9.00. The summed E-state index contributed by atoms with van der Waals surface area (Å²) in [4.78, 5) is 0. The normalized spacial score (nSPS) is 58.6. The lowest BCUT2D eigenvalue weighted by atomic mass is 9.80. The van der Waals surface area contributed by atoms with E-state index in [4.69, 9.17) is 5.11 Å². The molecule has 3 saturated carbocycles. The van der Waals surface area contributed by atoms with Gasteiger partial charge in [-0.1, -0.05) is 0 Å². The molecule has 2 N–H and O–H groups in total. The summed E-state index contributed by atoms with van der Waals surface area (Å²) in [5, 5.41) is 18.9. The van der Waals surface area contributed by atoms with E-state index >= 15 is 0 Å². The van der Waals surface area contributed by atoms with E-state index in [9.17, 15) is 5.11 Å². The third kappa shape index (κ3) is 1.02. The van der Waals surface area contributed by atoms with Gasteiger partial charge < -0.3 is 10.2 Å². The lowest BCUT2D eigenvalue weighted by Gasteiger charge is -2.28. The molecule has 3 aliphatic rings. The highest BCUT2D eigenvalue weighted by molar-refractivity contribution is 5.04. The van der Waals surface area contributed by atoms with Crippen LogP contribution in [0.2, 0.25) is 0 Å². The second kappa shape index (κ2) is 2.71. The summed E-state index contributed by atoms with van der Waals surface area (Å²) in [7, 11) is 0. The van der Waals surface area contributed by atoms with Gasteiger partial charge in [0.2, 0.25) is 0 Å². The van der Waals surface area contributed by atoms with Crippen LogP contribution in [-0.4, -0.2) is 22.9 Å². The predicted octanol–water partition coefficient (Wildman–Crippen LogP) is 1.02. The molecule has 6 atom stereocenters. The van der Waals surface area contributed by atoms with Crippen LogP contribution >= 0.6 is 0 Å². The summed E-state index contributed by atoms with van der Waals surface area (Å²) in [6.45, 7) is 0.364. The van der Waals surface area contributed by atoms with Crippen LogP contribution in [0.4, 0.5) is 0 Å². The first-order valence-corrected chi connectivity index (χ1v) is 5.58. The van der Waals surface area contributed by atoms with Crippen molar-refractivity contribution >= 4 is 0 Å². The largest absolute Gasteiger partial charge is 0.396 e. The van der Waals surface area contributed by atoms with E-state index in [2.05, 4.69) is 0 Å². The maximum absolute atomic E-state index is 9.76. The smallest absolute Gasteiger partial charge is 0.0574 e. The molecule has 3 fully saturated rings. The first-order chi connectivity index (χ1) is 6.29. The second-order valence-corrected chi connectivity index (χ2v) is 5.31. The Kier molecular flexibility index (Phi) is 1.72. The molecule has 2 heteroatoms. The van der Waals surface area contributed by atoms with E-state index in [1.54, 1.807) is 0 Å². The maximum Gasteiger partial charge on any atom is 0.0574 e. The van der Waals surface area contributed by atoms with E-state index in [1.165, 1.54) is 19.3 Å². The molecule has 0 aromatic heterocycles. The fourth-order valence-electron chi connectivity index (χ4n) is 4.30. The van der Waals surface area contributed by atoms with Crippen molar-refractivity contribution in [2.75, 3.05) is 6.61 Å². The van der Waals surface area contributed by atoms with E-state index in [-0.39, 0.29) is 6.10 Å². The van der Waals surface area contributed by atoms with Crippen molar-refractivity contribution in [1.29, 1.82) is 0 Å². The molecule has 3 aliphatic carbocycles. The number of fused-ring (bicyclic) bond motifs is 5. The second-order valence-electron chi connectivity index (χ2n) is 5.31. The lowest BCUT2D eigenvalue weighted by Crippen LogP contribution is -2.27. The maximum atomic E-state index is 9.76. The third-order valence-electron chi connectivity index (χ3n) is 4.79. The topological polar surface area (TPSA) is 40.5 Å². The summed E-state index contributed by atoms with van der Waals surface area (Å²) in [6.07, 6.45) is 4.72. The predicted molar refractivity (Wildman–Crippen MR) is 49.0 cm³/mol. The Hall–Kier alpha value is -0.0800. The molecule has 0 spiro atoms. The van der Waals surface area contributed by atoms with Crippen LogP contribution in [-0.2, 0) is 0 Å². The highest BCUT2D eigenvalue weighted by atomic mass is 16.3. The van der Waals surface area contributed by atoms with E-state index in [0.29, 0.717) is 18.4 Å². The van der Waals surface area contributed by atoms with Crippen LogP contribution < -0.4 is 0 Å². The van der Waals surface area contributed by atoms with Gasteiger partial charge in [-0.3, -0.25) is 0 Å². The number of aliphatic hydroxyl groups is 2. The molecule has 74 valence electrons. The minimum atomic E-state index is -0.0105. The highest BCUT2D eigenvalue weighted by Gasteiger charge is 2.55. The van der Waals surface area contributed by atoms with Gasteiger partial charge in [0.25, 0.3) is 0 Å². The van der Waals surface area contributed by atoms with Gasteiger partial charge in [-0.25, -0.2) is 0 Å². The first-order valence-electron chi connectivity index (χ1n) is 5.58. The molecule has 0 unspecified atom stereocenters. The van der Waals surface area contributed by atoms with Gasteiger partial charge in [-0.15, -0.1) is 0 Å². The van der Waals surface area contributed by atoms with Crippen LogP contribution in [0.3, 0.4) is 0 Å². The first kappa shape index (κ1) is 8.25. The molecule has 0 saturated heterocycles. The molecule has 0 heterocycles. The monoisotopic (exact) mass is 182 g/mol. The third-order valence-corrected chi connectivity index (χ3v) is 4.79. The molecule has 2 bridgehead atoms. The molecule has 0 amide bonds. The molecular formula is C11H18O2. The van der Waals surface area contributed by atoms with Crippen LogP contribution in [0.5, 0.6) is 0 Å². The van der Waals surface area contributed by atoms with Gasteiger partial charge in [0.05, 0.1) is 6.10 Å². The minimum Gasteiger partial charge on any atom is -0.396 e. The van der Waals surface area contributed by atoms with Gasteiger partial charge in [-0.05, 0) is 55.3 Å². The van der Waals surface area contributed by atoms with E-state index < -0.39 is 0 Å². The van der Waals surface area contributed by atoms with Gasteiger partial charge >= 0.3 is 0 Å². The summed E-state index contributed by atoms with van der Waals surface area (Å²) < 4.78 is 0. The zero-order valence-electron chi connectivity index (χ0n) is 7.89. The number of hydrogen-bond donors (Lipinski definition) is 2. The Balaban J connectivity index is 1.79. The SMILES string of the molecule is OC[C@H]1C[C@@H]2[C@H](C1)[C@@H]1C[C@@H]2[C@@H](O)C1. The standard InChI is InChI=1S/C11H18O2/c12-5-6-1-8-7-3-10(9(8)2-6)11(13)4-7/h6-13H,1-5H2/t6-,7-,8-,9-,10+,11+/m1/s1. The summed E-state index contributed by atoms with van der Waals surface area (Å²) >= 11 is 0. The van der Waals surface area contributed by atoms with Gasteiger partial charge in [0, 0.05) is 6.61 Å². The van der Waals surface area contributed by atoms with Gasteiger partial charge in [0.1, 0.15) is 0 Å². The van der Waals surface area contributed by atoms with Gasteiger partial charge in [-0.2, -0.15) is 0 Å². The van der Waals surface area contributed by atoms with Crippen molar-refractivity contribution in [3.63, 3.8) is 0 Å². The fourth-order valence-corrected chi connectivity index (χ4v) is 4.30. The van der Waals surface area contributed by atoms with Crippen molar-refractivity contribution in [3.8, 4) is 0 Å². The lowest BCUT2D eigenvalue weighted by molar-refractivity contribution is 0.0638. The molecule has 0 aromatic rings. The van der Waals surface area contributed by atoms with Gasteiger partial charge in [0.15, 0.2) is 0 Å². The van der Waals surface area contributed by atoms with Crippen molar-refractivity contribution in [2.45, 2.75) is 31.8 Å². The molecule has 13 heavy (non-hydrogen) atoms. The van der Waals surface area contributed by atoms with Crippen LogP contribution in [0.15, 0.2) is 0 Å². The van der Waals surface area contributed by atoms with Crippen LogP contribution in [0.1, 0.15) is 25.7 Å². The molecular weight excluding hydrogens is 164 g/mol. The van der Waals surface area contributed by atoms with E-state index in [1.807, 2.05) is 0 Å². The average Bonchev–Trinajstić information content (AvgIpc) is 2.71. The van der Waals surface area contributed by atoms with Crippen molar-refractivity contribution < 1.29 is 10.2 Å². The Bertz CT molecular complexity index is 216. The molecule has 0 radical (unpaired) electrons. The minimum absolute atomic E-state index is 0.0105. The quantitative estimate of drug-likeness (QED) is 0.635. The Morgan fingerprint density at radius 1 is 0.923 bits per heavy atom. The zero-order valence-corrected chi connectivity index (χ0v) is 7.89. The Morgan fingerprint density at radius 2 is 1.69 bits per heavy atom. The molecule has 0 aliphatic heterocycles. The van der Waals surface area contributed by atoms with Crippen LogP contribution in [0, 0.1) is 29.6 Å². The highest BCUT2D eigenvalue weighted by Crippen LogP contribution is 2.59. The summed E-state index contributed by atoms with van der Waals surface area (Å²) in [5.41, 5.74) is 0. The summed E-state index contributed by atoms with van der Waals surface area (Å²) in [5.74, 6) is 3.54. The Morgan fingerprint density at radius 3 is 2.46 bits per heavy atom. The van der Waals surface area contributed by atoms with Crippen LogP contribution in [0.25, 0.3) is 0 Å². The van der Waals surface area contributed by atoms with E-state index in [0.717, 1.165) is 24.2 Å². The Labute approximate surface area is 79.0 Å². The number of aliphatic hydroxyl groups excluding tert-OH is 2. The molecule has 3 rings (SSSR count). The number of rotatable bonds is 1. The molecule has 2 nitrogen and oxygen atoms in total. The molecule has 0 aromatic carbocycles. The van der Waals surface area contributed by atoms with Crippen molar-refractivity contribution in [1.82, 2.24) is 0 Å². The van der Waals surface area contributed by atoms with Crippen molar-refractivity contribution in [2.24, 2.45) is 29.6 Å². The number of hydrogen-bond acceptors (Lipinski definition) is 2. The average molecular weight is 182 g/mol. The fraction of sp³-hybridized carbons (Fsp3) is 1.00. The summed E-state index contributed by atoms with van der Waals surface area (Å²) in [6, 6.07) is 0.